The van der Waals surface area contributed by atoms with E-state index in [1.165, 1.54) is 24.3 Å². The molecule has 4 aromatic rings. The van der Waals surface area contributed by atoms with Crippen molar-refractivity contribution in [3.8, 4) is 11.8 Å². The maximum Gasteiger partial charge on any atom is 0.348 e. The number of nitrogens with two attached hydrogens (primary N) is 2. The SMILES string of the molecule is C[C@H](CC1(c2nn(-c3ccc(F)cc3)c(=O)[nH]2)c2ccc(C(N)=O)cc2CCc2cc(C(N)=O)ccc21)NCC(=O)N1CCCC1C#N. The van der Waals surface area contributed by atoms with Crippen LogP contribution in [-0.4, -0.2) is 62.6 Å². The Morgan fingerprint density at radius 1 is 1.04 bits per heavy atom. The molecule has 2 atom stereocenters. The van der Waals surface area contributed by atoms with Crippen LogP contribution in [0.3, 0.4) is 0 Å². The van der Waals surface area contributed by atoms with Crippen molar-refractivity contribution in [1.82, 2.24) is 25.0 Å². The van der Waals surface area contributed by atoms with Gasteiger partial charge in [-0.15, -0.1) is 5.10 Å². The van der Waals surface area contributed by atoms with Crippen molar-refractivity contribution in [1.29, 1.82) is 5.26 Å². The van der Waals surface area contributed by atoms with Crippen LogP contribution in [0, 0.1) is 17.1 Å². The second-order valence-corrected chi connectivity index (χ2v) is 12.4. The third-order valence-corrected chi connectivity index (χ3v) is 9.39. The van der Waals surface area contributed by atoms with E-state index in [9.17, 15) is 28.8 Å². The van der Waals surface area contributed by atoms with Gasteiger partial charge in [0.1, 0.15) is 17.7 Å². The monoisotopic (exact) mass is 650 g/mol. The molecule has 246 valence electrons. The Labute approximate surface area is 275 Å². The molecule has 1 unspecified atom stereocenters. The number of amides is 3. The number of aryl methyl sites for hydroxylation is 2. The van der Waals surface area contributed by atoms with Crippen molar-refractivity contribution in [3.05, 3.63) is 116 Å². The first-order valence-corrected chi connectivity index (χ1v) is 15.8. The summed E-state index contributed by atoms with van der Waals surface area (Å²) in [5.41, 5.74) is 13.7. The van der Waals surface area contributed by atoms with Crippen LogP contribution in [0.1, 0.15) is 75.0 Å². The smallest absolute Gasteiger partial charge is 0.348 e. The molecule has 0 bridgehead atoms. The highest BCUT2D eigenvalue weighted by molar-refractivity contribution is 5.94. The summed E-state index contributed by atoms with van der Waals surface area (Å²) in [4.78, 5) is 55.8. The number of carbonyl (C=O) groups is 3. The van der Waals surface area contributed by atoms with Gasteiger partial charge in [-0.25, -0.2) is 9.18 Å². The minimum atomic E-state index is -1.18. The zero-order chi connectivity index (χ0) is 34.2. The van der Waals surface area contributed by atoms with E-state index in [1.807, 2.05) is 6.92 Å². The van der Waals surface area contributed by atoms with Crippen molar-refractivity contribution in [2.75, 3.05) is 13.1 Å². The normalized spacial score (nSPS) is 17.1. The van der Waals surface area contributed by atoms with Gasteiger partial charge in [0.15, 0.2) is 0 Å². The fraction of sp³-hybridized carbons (Fsp3) is 0.314. The molecule has 1 aliphatic carbocycles. The standard InChI is InChI=1S/C35H35FN8O4/c1-20(40-19-30(45)43-14-2-3-27(43)18-37)17-35(33-41-34(48)44(42-33)26-10-8-25(36)9-11-26)28-12-6-23(31(38)46)15-21(28)4-5-22-16-24(32(39)47)7-13-29(22)35/h6-13,15-16,20,27,40H,2-5,14,17,19H2,1H3,(H2,38,46)(H2,39,47)(H,41,42,48)/t20-,27?/m1/s1. The molecule has 0 spiro atoms. The number of nitrogens with one attached hydrogen (secondary N) is 2. The lowest BCUT2D eigenvalue weighted by Gasteiger charge is -2.37. The van der Waals surface area contributed by atoms with Gasteiger partial charge in [-0.2, -0.15) is 9.94 Å². The first kappa shape index (κ1) is 32.3. The van der Waals surface area contributed by atoms with Crippen LogP contribution in [0.4, 0.5) is 4.39 Å². The zero-order valence-electron chi connectivity index (χ0n) is 26.3. The van der Waals surface area contributed by atoms with E-state index in [4.69, 9.17) is 16.6 Å². The summed E-state index contributed by atoms with van der Waals surface area (Å²) >= 11 is 0. The molecule has 1 aromatic heterocycles. The van der Waals surface area contributed by atoms with Gasteiger partial charge in [0.05, 0.1) is 23.7 Å². The van der Waals surface area contributed by atoms with E-state index in [0.717, 1.165) is 33.4 Å². The quantitative estimate of drug-likeness (QED) is 0.213. The number of hydrogen-bond acceptors (Lipinski definition) is 7. The summed E-state index contributed by atoms with van der Waals surface area (Å²) in [5, 5.41) is 17.6. The topological polar surface area (TPSA) is 193 Å². The minimum absolute atomic E-state index is 0.0170. The first-order valence-electron chi connectivity index (χ1n) is 15.8. The van der Waals surface area contributed by atoms with Crippen molar-refractivity contribution in [3.63, 3.8) is 0 Å². The maximum absolute atomic E-state index is 13.8. The molecule has 0 radical (unpaired) electrons. The Balaban J connectivity index is 1.53. The highest BCUT2D eigenvalue weighted by Crippen LogP contribution is 2.47. The predicted molar refractivity (Wildman–Crippen MR) is 174 cm³/mol. The number of fused-ring (bicyclic) bond motifs is 2. The summed E-state index contributed by atoms with van der Waals surface area (Å²) in [6.07, 6.45) is 2.62. The Bertz CT molecular complexity index is 1950. The number of benzene rings is 3. The number of primary amides is 2. The van der Waals surface area contributed by atoms with Crippen molar-refractivity contribution in [2.24, 2.45) is 11.5 Å². The lowest BCUT2D eigenvalue weighted by Crippen LogP contribution is -2.45. The summed E-state index contributed by atoms with van der Waals surface area (Å²) in [7, 11) is 0. The fourth-order valence-electron chi connectivity index (χ4n) is 7.09. The van der Waals surface area contributed by atoms with Gasteiger partial charge < -0.3 is 21.7 Å². The second-order valence-electron chi connectivity index (χ2n) is 12.4. The Hall–Kier alpha value is -5.61. The van der Waals surface area contributed by atoms with Gasteiger partial charge in [-0.3, -0.25) is 19.4 Å². The molecule has 1 aliphatic heterocycles. The van der Waals surface area contributed by atoms with E-state index < -0.39 is 34.8 Å². The van der Waals surface area contributed by atoms with Gasteiger partial charge in [0, 0.05) is 23.7 Å². The number of H-pyrrole nitrogens is 1. The largest absolute Gasteiger partial charge is 0.366 e. The van der Waals surface area contributed by atoms with E-state index in [0.29, 0.717) is 42.6 Å². The number of halogens is 1. The molecule has 2 aliphatic rings. The number of aromatic amines is 1. The summed E-state index contributed by atoms with van der Waals surface area (Å²) in [6.45, 7) is 2.41. The van der Waals surface area contributed by atoms with E-state index in [1.54, 1.807) is 41.3 Å². The number of hydrogen-bond donors (Lipinski definition) is 4. The van der Waals surface area contributed by atoms with Crippen LogP contribution in [0.2, 0.25) is 0 Å². The van der Waals surface area contributed by atoms with Crippen LogP contribution >= 0.6 is 0 Å². The summed E-state index contributed by atoms with van der Waals surface area (Å²) in [5.74, 6) is -1.58. The number of nitriles is 1. The van der Waals surface area contributed by atoms with Gasteiger partial charge in [-0.1, -0.05) is 12.1 Å². The molecule has 1 saturated heterocycles. The van der Waals surface area contributed by atoms with E-state index >= 15 is 0 Å². The van der Waals surface area contributed by atoms with Gasteiger partial charge in [0.25, 0.3) is 0 Å². The lowest BCUT2D eigenvalue weighted by atomic mass is 9.67. The number of carbonyl (C=O) groups excluding carboxylic acids is 3. The van der Waals surface area contributed by atoms with Crippen LogP contribution < -0.4 is 22.5 Å². The van der Waals surface area contributed by atoms with Crippen LogP contribution in [-0.2, 0) is 23.1 Å². The minimum Gasteiger partial charge on any atom is -0.366 e. The molecule has 13 heteroatoms. The van der Waals surface area contributed by atoms with E-state index in [-0.39, 0.29) is 30.7 Å². The van der Waals surface area contributed by atoms with Crippen LogP contribution in [0.15, 0.2) is 65.5 Å². The van der Waals surface area contributed by atoms with Gasteiger partial charge in [-0.05, 0) is 110 Å². The molecule has 12 nitrogen and oxygen atoms in total. The van der Waals surface area contributed by atoms with Crippen molar-refractivity contribution < 1.29 is 18.8 Å². The zero-order valence-corrected chi connectivity index (χ0v) is 26.3. The summed E-state index contributed by atoms with van der Waals surface area (Å²) in [6, 6.07) is 17.1. The van der Waals surface area contributed by atoms with Gasteiger partial charge >= 0.3 is 5.69 Å². The predicted octanol–water partition coefficient (Wildman–Crippen LogP) is 2.21. The number of likely N-dealkylation sites (tertiary alicyclic amines) is 1. The van der Waals surface area contributed by atoms with E-state index in [2.05, 4.69) is 16.4 Å². The number of nitrogens with zero attached hydrogens (tertiary/aromatic N) is 4. The van der Waals surface area contributed by atoms with Crippen molar-refractivity contribution in [2.45, 2.75) is 56.5 Å². The molecule has 1 fully saturated rings. The van der Waals surface area contributed by atoms with Crippen molar-refractivity contribution >= 4 is 17.7 Å². The second kappa shape index (κ2) is 12.9. The molecular formula is C35H35FN8O4. The fourth-order valence-corrected chi connectivity index (χ4v) is 7.09. The average Bonchev–Trinajstić information content (AvgIpc) is 3.69. The maximum atomic E-state index is 13.8. The molecule has 3 amide bonds. The molecule has 3 aromatic carbocycles. The Morgan fingerprint density at radius 2 is 1.65 bits per heavy atom. The molecule has 6 rings (SSSR count). The Kier molecular flexibility index (Phi) is 8.68. The van der Waals surface area contributed by atoms with Crippen LogP contribution in [0.5, 0.6) is 0 Å². The highest BCUT2D eigenvalue weighted by Gasteiger charge is 2.45. The third kappa shape index (κ3) is 5.86. The lowest BCUT2D eigenvalue weighted by molar-refractivity contribution is -0.130. The average molecular weight is 651 g/mol. The number of rotatable bonds is 9. The van der Waals surface area contributed by atoms with Crippen LogP contribution in [0.25, 0.3) is 5.69 Å². The highest BCUT2D eigenvalue weighted by atomic mass is 19.1. The molecule has 0 saturated carbocycles. The molecular weight excluding hydrogens is 615 g/mol. The van der Waals surface area contributed by atoms with Gasteiger partial charge in [0.2, 0.25) is 17.7 Å². The number of aromatic nitrogens is 3. The third-order valence-electron chi connectivity index (χ3n) is 9.39. The Morgan fingerprint density at radius 3 is 2.21 bits per heavy atom. The first-order chi connectivity index (χ1) is 23.0. The summed E-state index contributed by atoms with van der Waals surface area (Å²) < 4.78 is 15.0. The molecule has 6 N–H and O–H groups in total. The molecule has 48 heavy (non-hydrogen) atoms. The molecule has 2 heterocycles.